The Labute approximate surface area is 160 Å². The first-order chi connectivity index (χ1) is 13.5. The molecule has 0 saturated carbocycles. The Bertz CT molecular complexity index is 1020. The average molecular weight is 380 g/mol. The van der Waals surface area contributed by atoms with E-state index in [0.717, 1.165) is 5.56 Å². The first-order valence-corrected chi connectivity index (χ1v) is 9.05. The minimum absolute atomic E-state index is 0.0494. The molecule has 1 aliphatic rings. The number of H-pyrrole nitrogens is 1. The van der Waals surface area contributed by atoms with Gasteiger partial charge in [0.05, 0.1) is 11.7 Å². The lowest BCUT2D eigenvalue weighted by atomic mass is 9.71. The number of carbonyl (C=O) groups is 2. The first-order valence-electron chi connectivity index (χ1n) is 9.05. The molecule has 1 saturated heterocycles. The molecule has 144 valence electrons. The highest BCUT2D eigenvalue weighted by atomic mass is 16.4. The van der Waals surface area contributed by atoms with Crippen LogP contribution < -0.4 is 0 Å². The Hall–Kier alpha value is -3.26. The molecule has 4 rings (SSSR count). The van der Waals surface area contributed by atoms with Crippen molar-refractivity contribution in [2.45, 2.75) is 18.9 Å². The van der Waals surface area contributed by atoms with Crippen molar-refractivity contribution >= 4 is 22.9 Å². The summed E-state index contributed by atoms with van der Waals surface area (Å²) in [5.41, 5.74) is 0.937. The molecule has 0 spiro atoms. The Balaban J connectivity index is 1.58. The first kappa shape index (κ1) is 18.1. The molecular formula is C20H20N4O4. The number of piperidine rings is 1. The number of fused-ring (bicyclic) bond motifs is 1. The third-order valence-corrected chi connectivity index (χ3v) is 5.51. The number of aromatic nitrogens is 3. The number of carboxylic acid groups (broad SMARTS) is 1. The van der Waals surface area contributed by atoms with Crippen molar-refractivity contribution in [1.82, 2.24) is 20.3 Å². The molecule has 1 fully saturated rings. The largest absolute Gasteiger partial charge is 0.481 e. The third-order valence-electron chi connectivity index (χ3n) is 5.51. The maximum absolute atomic E-state index is 13.0. The fourth-order valence-corrected chi connectivity index (χ4v) is 3.86. The summed E-state index contributed by atoms with van der Waals surface area (Å²) in [7, 11) is 0. The summed E-state index contributed by atoms with van der Waals surface area (Å²) in [6.45, 7) is 0.190. The number of benzene rings is 2. The molecule has 3 N–H and O–H groups in total. The molecule has 2 atom stereocenters. The zero-order chi connectivity index (χ0) is 19.7. The van der Waals surface area contributed by atoms with Gasteiger partial charge in [-0.3, -0.25) is 9.59 Å². The molecule has 2 aromatic carbocycles. The number of hydrogen-bond acceptors (Lipinski definition) is 5. The second-order valence-corrected chi connectivity index (χ2v) is 7.14. The van der Waals surface area contributed by atoms with E-state index in [9.17, 15) is 19.8 Å². The normalized spacial score (nSPS) is 22.3. The maximum Gasteiger partial charge on any atom is 0.312 e. The molecule has 0 bridgehead atoms. The molecule has 0 radical (unpaired) electrons. The highest BCUT2D eigenvalue weighted by Crippen LogP contribution is 2.36. The SMILES string of the molecule is O=C(c1cccc2n[nH]nc12)N1CC[C@](Cc2ccccc2)(C(=O)O)[C@H](O)C1. The van der Waals surface area contributed by atoms with Crippen LogP contribution in [0.1, 0.15) is 22.3 Å². The van der Waals surface area contributed by atoms with Crippen LogP contribution in [-0.2, 0) is 11.2 Å². The smallest absolute Gasteiger partial charge is 0.312 e. The van der Waals surface area contributed by atoms with Crippen LogP contribution in [0.15, 0.2) is 48.5 Å². The Morgan fingerprint density at radius 2 is 1.93 bits per heavy atom. The number of β-amino-alcohol motifs (C(OH)–C–C–N with tert-alkyl or cyclic N) is 1. The molecule has 8 heteroatoms. The summed E-state index contributed by atoms with van der Waals surface area (Å²) < 4.78 is 0. The Morgan fingerprint density at radius 3 is 2.64 bits per heavy atom. The molecule has 0 unspecified atom stereocenters. The number of nitrogens with one attached hydrogen (secondary N) is 1. The van der Waals surface area contributed by atoms with Crippen molar-refractivity contribution in [1.29, 1.82) is 0 Å². The molecule has 2 heterocycles. The number of amides is 1. The molecule has 1 amide bonds. The number of hydrogen-bond donors (Lipinski definition) is 3. The van der Waals surface area contributed by atoms with Crippen LogP contribution in [0.2, 0.25) is 0 Å². The Kier molecular flexibility index (Phi) is 4.56. The minimum atomic E-state index is -1.32. The number of carbonyl (C=O) groups excluding carboxylic acids is 1. The van der Waals surface area contributed by atoms with Crippen LogP contribution in [0.5, 0.6) is 0 Å². The van der Waals surface area contributed by atoms with E-state index in [4.69, 9.17) is 0 Å². The van der Waals surface area contributed by atoms with E-state index in [-0.39, 0.29) is 31.8 Å². The Morgan fingerprint density at radius 1 is 1.14 bits per heavy atom. The van der Waals surface area contributed by atoms with Gasteiger partial charge in [0.25, 0.3) is 5.91 Å². The molecule has 28 heavy (non-hydrogen) atoms. The van der Waals surface area contributed by atoms with E-state index >= 15 is 0 Å². The number of carboxylic acids is 1. The number of aliphatic carboxylic acids is 1. The van der Waals surface area contributed by atoms with Crippen molar-refractivity contribution in [3.05, 3.63) is 59.7 Å². The van der Waals surface area contributed by atoms with Crippen molar-refractivity contribution in [2.75, 3.05) is 13.1 Å². The van der Waals surface area contributed by atoms with E-state index in [2.05, 4.69) is 15.4 Å². The van der Waals surface area contributed by atoms with E-state index in [0.29, 0.717) is 16.6 Å². The number of nitrogens with zero attached hydrogens (tertiary/aromatic N) is 3. The van der Waals surface area contributed by atoms with E-state index in [1.54, 1.807) is 18.2 Å². The fraction of sp³-hybridized carbons (Fsp3) is 0.300. The van der Waals surface area contributed by atoms with Crippen molar-refractivity contribution in [3.8, 4) is 0 Å². The van der Waals surface area contributed by atoms with Gasteiger partial charge in [-0.2, -0.15) is 15.4 Å². The average Bonchev–Trinajstić information content (AvgIpc) is 3.18. The second-order valence-electron chi connectivity index (χ2n) is 7.14. The predicted octanol–water partition coefficient (Wildman–Crippen LogP) is 1.48. The second kappa shape index (κ2) is 7.05. The van der Waals surface area contributed by atoms with Gasteiger partial charge in [-0.25, -0.2) is 0 Å². The van der Waals surface area contributed by atoms with Crippen LogP contribution in [-0.4, -0.2) is 61.6 Å². The maximum atomic E-state index is 13.0. The highest BCUT2D eigenvalue weighted by Gasteiger charge is 2.49. The van der Waals surface area contributed by atoms with E-state index < -0.39 is 17.5 Å². The van der Waals surface area contributed by atoms with Gasteiger partial charge in [0, 0.05) is 13.1 Å². The topological polar surface area (TPSA) is 119 Å². The van der Waals surface area contributed by atoms with Gasteiger partial charge in [0.15, 0.2) is 0 Å². The van der Waals surface area contributed by atoms with Crippen LogP contribution in [0, 0.1) is 5.41 Å². The number of aliphatic hydroxyl groups is 1. The summed E-state index contributed by atoms with van der Waals surface area (Å²) in [6, 6.07) is 14.4. The number of aromatic amines is 1. The summed E-state index contributed by atoms with van der Waals surface area (Å²) in [5.74, 6) is -1.34. The van der Waals surface area contributed by atoms with Crippen LogP contribution in [0.25, 0.3) is 11.0 Å². The molecule has 1 aliphatic heterocycles. The van der Waals surface area contributed by atoms with Crippen LogP contribution >= 0.6 is 0 Å². The van der Waals surface area contributed by atoms with Crippen molar-refractivity contribution in [3.63, 3.8) is 0 Å². The van der Waals surface area contributed by atoms with Crippen molar-refractivity contribution in [2.24, 2.45) is 5.41 Å². The lowest BCUT2D eigenvalue weighted by Gasteiger charge is -2.42. The number of likely N-dealkylation sites (tertiary alicyclic amines) is 1. The van der Waals surface area contributed by atoms with Gasteiger partial charge in [-0.1, -0.05) is 36.4 Å². The monoisotopic (exact) mass is 380 g/mol. The molecule has 0 aliphatic carbocycles. The number of rotatable bonds is 4. The summed E-state index contributed by atoms with van der Waals surface area (Å²) in [4.78, 5) is 26.6. The number of para-hydroxylation sites is 1. The van der Waals surface area contributed by atoms with Gasteiger partial charge in [0.1, 0.15) is 16.4 Å². The lowest BCUT2D eigenvalue weighted by Crippen LogP contribution is -2.57. The van der Waals surface area contributed by atoms with Gasteiger partial charge in [0.2, 0.25) is 0 Å². The summed E-state index contributed by atoms with van der Waals surface area (Å²) >= 11 is 0. The van der Waals surface area contributed by atoms with Crippen molar-refractivity contribution < 1.29 is 19.8 Å². The number of aliphatic hydroxyl groups excluding tert-OH is 1. The third kappa shape index (κ3) is 3.01. The summed E-state index contributed by atoms with van der Waals surface area (Å²) in [5, 5.41) is 31.2. The minimum Gasteiger partial charge on any atom is -0.481 e. The lowest BCUT2D eigenvalue weighted by molar-refractivity contribution is -0.161. The molecule has 1 aromatic heterocycles. The zero-order valence-corrected chi connectivity index (χ0v) is 15.1. The van der Waals surface area contributed by atoms with Gasteiger partial charge >= 0.3 is 5.97 Å². The highest BCUT2D eigenvalue weighted by molar-refractivity contribution is 6.04. The molecule has 8 nitrogen and oxygen atoms in total. The van der Waals surface area contributed by atoms with Gasteiger partial charge in [-0.15, -0.1) is 0 Å². The fourth-order valence-electron chi connectivity index (χ4n) is 3.86. The molecular weight excluding hydrogens is 360 g/mol. The van der Waals surface area contributed by atoms with Gasteiger partial charge < -0.3 is 15.1 Å². The summed E-state index contributed by atoms with van der Waals surface area (Å²) in [6.07, 6.45) is -0.802. The van der Waals surface area contributed by atoms with E-state index in [1.165, 1.54) is 4.90 Å². The van der Waals surface area contributed by atoms with E-state index in [1.807, 2.05) is 30.3 Å². The van der Waals surface area contributed by atoms with Crippen LogP contribution in [0.4, 0.5) is 0 Å². The van der Waals surface area contributed by atoms with Crippen LogP contribution in [0.3, 0.4) is 0 Å². The standard InChI is InChI=1S/C20H20N4O4/c25-16-12-24(18(26)14-7-4-8-15-17(14)22-23-21-15)10-9-20(16,19(27)28)11-13-5-2-1-3-6-13/h1-8,16,25H,9-12H2,(H,27,28)(H,21,22,23)/t16-,20-/m1/s1. The predicted molar refractivity (Wildman–Crippen MR) is 101 cm³/mol. The quantitative estimate of drug-likeness (QED) is 0.631. The molecule has 3 aromatic rings. The van der Waals surface area contributed by atoms with Gasteiger partial charge in [-0.05, 0) is 30.5 Å². The zero-order valence-electron chi connectivity index (χ0n) is 15.1.